The summed E-state index contributed by atoms with van der Waals surface area (Å²) in [7, 11) is -2.94. The van der Waals surface area contributed by atoms with Crippen LogP contribution in [0.4, 0.5) is 4.79 Å². The van der Waals surface area contributed by atoms with E-state index in [0.717, 1.165) is 6.42 Å². The molecule has 2 atom stereocenters. The molecule has 1 aliphatic heterocycles. The first-order valence-electron chi connectivity index (χ1n) is 8.94. The average molecular weight is 504 g/mol. The van der Waals surface area contributed by atoms with E-state index >= 15 is 0 Å². The van der Waals surface area contributed by atoms with Crippen molar-refractivity contribution in [3.05, 3.63) is 0 Å². The molecule has 8 nitrogen and oxygen atoms in total. The van der Waals surface area contributed by atoms with Crippen molar-refractivity contribution < 1.29 is 17.9 Å². The Morgan fingerprint density at radius 2 is 2.00 bits per heavy atom. The van der Waals surface area contributed by atoms with Crippen LogP contribution in [0.1, 0.15) is 40.5 Å². The van der Waals surface area contributed by atoms with E-state index in [1.165, 1.54) is 0 Å². The maximum atomic E-state index is 11.7. The second-order valence-corrected chi connectivity index (χ2v) is 8.88. The van der Waals surface area contributed by atoms with Crippen molar-refractivity contribution in [3.63, 3.8) is 0 Å². The Kier molecular flexibility index (Phi) is 12.2. The topological polar surface area (TPSA) is 109 Å². The molecule has 0 aromatic carbocycles. The van der Waals surface area contributed by atoms with Gasteiger partial charge in [-0.1, -0.05) is 13.8 Å². The lowest BCUT2D eigenvalue weighted by Crippen LogP contribution is -2.45. The molecule has 1 rings (SSSR count). The summed E-state index contributed by atoms with van der Waals surface area (Å²) in [5.41, 5.74) is 0. The largest absolute Gasteiger partial charge is 0.450 e. The molecule has 0 bridgehead atoms. The number of halogens is 1. The highest BCUT2D eigenvalue weighted by atomic mass is 127. The number of aliphatic imine (C=N–C) groups is 1. The number of ether oxygens (including phenoxy) is 1. The van der Waals surface area contributed by atoms with Crippen molar-refractivity contribution in [2.75, 3.05) is 31.2 Å². The number of amides is 1. The number of hydrogen-bond acceptors (Lipinski definition) is 5. The van der Waals surface area contributed by atoms with Gasteiger partial charge in [0.1, 0.15) is 0 Å². The molecule has 3 N–H and O–H groups in total. The lowest BCUT2D eigenvalue weighted by molar-refractivity contribution is 0.147. The quantitative estimate of drug-likeness (QED) is 0.263. The van der Waals surface area contributed by atoms with Gasteiger partial charge in [0.05, 0.1) is 30.7 Å². The molecular formula is C16H33IN4O4S. The molecular weight excluding hydrogens is 471 g/mol. The molecule has 26 heavy (non-hydrogen) atoms. The monoisotopic (exact) mass is 504 g/mol. The maximum absolute atomic E-state index is 11.7. The van der Waals surface area contributed by atoms with Crippen molar-refractivity contribution in [3.8, 4) is 0 Å². The lowest BCUT2D eigenvalue weighted by atomic mass is 10.0. The van der Waals surface area contributed by atoms with Crippen LogP contribution in [0.2, 0.25) is 0 Å². The van der Waals surface area contributed by atoms with Gasteiger partial charge in [-0.15, -0.1) is 24.0 Å². The van der Waals surface area contributed by atoms with Crippen molar-refractivity contribution in [1.29, 1.82) is 0 Å². The highest BCUT2D eigenvalue weighted by molar-refractivity contribution is 14.0. The van der Waals surface area contributed by atoms with Crippen LogP contribution in [0.3, 0.4) is 0 Å². The molecule has 10 heteroatoms. The van der Waals surface area contributed by atoms with Gasteiger partial charge in [0.2, 0.25) is 0 Å². The molecule has 2 unspecified atom stereocenters. The van der Waals surface area contributed by atoms with Gasteiger partial charge in [0, 0.05) is 12.6 Å². The number of rotatable bonds is 8. The summed E-state index contributed by atoms with van der Waals surface area (Å²) in [6, 6.07) is -0.258. The molecule has 0 saturated carbocycles. The first-order valence-corrected chi connectivity index (χ1v) is 10.8. The van der Waals surface area contributed by atoms with Gasteiger partial charge in [-0.2, -0.15) is 0 Å². The van der Waals surface area contributed by atoms with Crippen LogP contribution >= 0.6 is 24.0 Å². The zero-order valence-corrected chi connectivity index (χ0v) is 19.2. The zero-order valence-electron chi connectivity index (χ0n) is 16.1. The van der Waals surface area contributed by atoms with Crippen molar-refractivity contribution in [2.45, 2.75) is 52.6 Å². The second-order valence-electron chi connectivity index (χ2n) is 6.66. The van der Waals surface area contributed by atoms with Gasteiger partial charge in [0.15, 0.2) is 15.8 Å². The van der Waals surface area contributed by atoms with Crippen LogP contribution in [0.15, 0.2) is 4.99 Å². The first-order chi connectivity index (χ1) is 11.8. The van der Waals surface area contributed by atoms with Crippen LogP contribution in [0.25, 0.3) is 0 Å². The van der Waals surface area contributed by atoms with Crippen LogP contribution in [0.5, 0.6) is 0 Å². The maximum Gasteiger partial charge on any atom is 0.407 e. The van der Waals surface area contributed by atoms with E-state index in [1.807, 2.05) is 6.92 Å². The highest BCUT2D eigenvalue weighted by Crippen LogP contribution is 2.11. The summed E-state index contributed by atoms with van der Waals surface area (Å²) in [5, 5.41) is 9.13. The van der Waals surface area contributed by atoms with E-state index < -0.39 is 15.9 Å². The number of hydrogen-bond donors (Lipinski definition) is 3. The van der Waals surface area contributed by atoms with Crippen LogP contribution in [0, 0.1) is 5.92 Å². The Bertz CT molecular complexity index is 554. The number of nitrogens with zero attached hydrogens (tertiary/aromatic N) is 1. The van der Waals surface area contributed by atoms with Gasteiger partial charge in [-0.05, 0) is 32.6 Å². The summed E-state index contributed by atoms with van der Waals surface area (Å²) >= 11 is 0. The fourth-order valence-electron chi connectivity index (χ4n) is 2.71. The number of carbonyl (C=O) groups is 1. The Labute approximate surface area is 174 Å². The average Bonchev–Trinajstić information content (AvgIpc) is 2.83. The minimum absolute atomic E-state index is 0. The third-order valence-corrected chi connectivity index (χ3v) is 5.51. The van der Waals surface area contributed by atoms with E-state index in [0.29, 0.717) is 38.0 Å². The molecule has 1 aliphatic rings. The molecule has 1 fully saturated rings. The van der Waals surface area contributed by atoms with E-state index in [4.69, 9.17) is 4.74 Å². The van der Waals surface area contributed by atoms with Gasteiger partial charge in [-0.3, -0.25) is 4.99 Å². The molecule has 0 aromatic heterocycles. The normalized spacial score (nSPS) is 20.2. The summed E-state index contributed by atoms with van der Waals surface area (Å²) in [6.07, 6.45) is 0.922. The number of guanidine groups is 1. The molecule has 0 aromatic rings. The van der Waals surface area contributed by atoms with Crippen LogP contribution in [-0.4, -0.2) is 63.8 Å². The smallest absolute Gasteiger partial charge is 0.407 e. The summed E-state index contributed by atoms with van der Waals surface area (Å²) in [4.78, 5) is 16.2. The van der Waals surface area contributed by atoms with E-state index in [-0.39, 0.29) is 47.6 Å². The van der Waals surface area contributed by atoms with Gasteiger partial charge < -0.3 is 20.7 Å². The highest BCUT2D eigenvalue weighted by Gasteiger charge is 2.28. The summed E-state index contributed by atoms with van der Waals surface area (Å²) < 4.78 is 28.1. The van der Waals surface area contributed by atoms with Gasteiger partial charge in [0.25, 0.3) is 0 Å². The molecule has 154 valence electrons. The molecule has 1 saturated heterocycles. The standard InChI is InChI=1S/C16H32N4O4S.HI/c1-5-17-15(19-13-7-8-25(22,23)11-13)18-10-14(9-12(3)4)20-16(21)24-6-2;/h12-14H,5-11H2,1-4H3,(H,20,21)(H2,17,18,19);1H. The molecule has 0 radical (unpaired) electrons. The Balaban J connectivity index is 0.00000625. The number of carbonyl (C=O) groups excluding carboxylic acids is 1. The van der Waals surface area contributed by atoms with Crippen molar-refractivity contribution in [1.82, 2.24) is 16.0 Å². The van der Waals surface area contributed by atoms with E-state index in [9.17, 15) is 13.2 Å². The SMILES string of the molecule is CCNC(=NCC(CC(C)C)NC(=O)OCC)NC1CCS(=O)(=O)C1.I. The first kappa shape index (κ1) is 25.2. The summed E-state index contributed by atoms with van der Waals surface area (Å²) in [6.45, 7) is 9.26. The van der Waals surface area contributed by atoms with Crippen molar-refractivity contribution >= 4 is 45.9 Å². The fraction of sp³-hybridized carbons (Fsp3) is 0.875. The Hall–Kier alpha value is -0.780. The third kappa shape index (κ3) is 10.4. The third-order valence-electron chi connectivity index (χ3n) is 3.74. The number of nitrogens with one attached hydrogen (secondary N) is 3. The second kappa shape index (κ2) is 12.6. The predicted octanol–water partition coefficient (Wildman–Crippen LogP) is 1.51. The zero-order chi connectivity index (χ0) is 18.9. The van der Waals surface area contributed by atoms with Crippen molar-refractivity contribution in [2.24, 2.45) is 10.9 Å². The molecule has 0 aliphatic carbocycles. The number of sulfone groups is 1. The minimum atomic E-state index is -2.94. The van der Waals surface area contributed by atoms with Crippen LogP contribution < -0.4 is 16.0 Å². The van der Waals surface area contributed by atoms with E-state index in [2.05, 4.69) is 34.8 Å². The summed E-state index contributed by atoms with van der Waals surface area (Å²) in [5.74, 6) is 1.32. The molecule has 1 heterocycles. The Morgan fingerprint density at radius 1 is 1.31 bits per heavy atom. The fourth-order valence-corrected chi connectivity index (χ4v) is 4.38. The van der Waals surface area contributed by atoms with E-state index in [1.54, 1.807) is 6.92 Å². The van der Waals surface area contributed by atoms with Crippen LogP contribution in [-0.2, 0) is 14.6 Å². The molecule has 0 spiro atoms. The minimum Gasteiger partial charge on any atom is -0.450 e. The van der Waals surface area contributed by atoms with Gasteiger partial charge in [-0.25, -0.2) is 13.2 Å². The molecule has 1 amide bonds. The Morgan fingerprint density at radius 3 is 2.50 bits per heavy atom. The lowest BCUT2D eigenvalue weighted by Gasteiger charge is -2.20. The van der Waals surface area contributed by atoms with Gasteiger partial charge >= 0.3 is 6.09 Å². The predicted molar refractivity (Wildman–Crippen MR) is 115 cm³/mol. The number of alkyl carbamates (subject to hydrolysis) is 1.